The van der Waals surface area contributed by atoms with Gasteiger partial charge >= 0.3 is 10.9 Å². The lowest BCUT2D eigenvalue weighted by Crippen LogP contribution is -2.10. The molecule has 0 aliphatic rings. The summed E-state index contributed by atoms with van der Waals surface area (Å²) in [7, 11) is 0. The maximum absolute atomic E-state index is 12.6. The molecule has 4 nitrogen and oxygen atoms in total. The molecule has 0 radical (unpaired) electrons. The zero-order valence-corrected chi connectivity index (χ0v) is 14.0. The van der Waals surface area contributed by atoms with Crippen LogP contribution in [0.3, 0.4) is 0 Å². The topological polar surface area (TPSA) is 56.5 Å². The number of carbonyl (C=O) groups is 1. The van der Waals surface area contributed by atoms with Gasteiger partial charge in [-0.1, -0.05) is 60.9 Å². The van der Waals surface area contributed by atoms with E-state index in [1.807, 2.05) is 6.07 Å². The molecule has 0 aliphatic heterocycles. The number of esters is 1. The number of hydrogen-bond acceptors (Lipinski definition) is 5. The number of ether oxygens (including phenoxy) is 1. The van der Waals surface area contributed by atoms with Crippen LogP contribution in [0.15, 0.2) is 70.9 Å². The molecule has 0 aliphatic carbocycles. The molecular weight excluding hydrogens is 336 g/mol. The number of allylic oxidation sites excluding steroid dienone is 2. The Kier molecular flexibility index (Phi) is 4.77. The van der Waals surface area contributed by atoms with E-state index in [0.29, 0.717) is 27.2 Å². The average Bonchev–Trinajstić information content (AvgIpc) is 2.98. The number of fused-ring (bicyclic) bond motifs is 1. The summed E-state index contributed by atoms with van der Waals surface area (Å²) in [5, 5.41) is 0. The molecule has 0 unspecified atom stereocenters. The fourth-order valence-corrected chi connectivity index (χ4v) is 3.02. The van der Waals surface area contributed by atoms with E-state index in [9.17, 15) is 9.59 Å². The Morgan fingerprint density at radius 3 is 2.80 bits per heavy atom. The molecule has 0 spiro atoms. The van der Waals surface area contributed by atoms with Gasteiger partial charge in [-0.05, 0) is 29.3 Å². The van der Waals surface area contributed by atoms with Crippen LogP contribution in [0.25, 0.3) is 22.4 Å². The van der Waals surface area contributed by atoms with Crippen LogP contribution in [0.4, 0.5) is 0 Å². The molecular formula is C20H14O4S. The molecule has 5 heteroatoms. The highest BCUT2D eigenvalue weighted by molar-refractivity contribution is 7.16. The second-order valence-corrected chi connectivity index (χ2v) is 6.04. The molecule has 1 aromatic heterocycles. The van der Waals surface area contributed by atoms with Crippen molar-refractivity contribution in [1.29, 1.82) is 0 Å². The minimum atomic E-state index is -0.510. The number of carbonyl (C=O) groups excluding carboxylic acids is 1. The average molecular weight is 350 g/mol. The highest BCUT2D eigenvalue weighted by atomic mass is 32.1. The first-order valence-electron chi connectivity index (χ1n) is 7.43. The first-order valence-corrected chi connectivity index (χ1v) is 8.24. The first kappa shape index (κ1) is 16.7. The third-order valence-electron chi connectivity index (χ3n) is 3.49. The van der Waals surface area contributed by atoms with Gasteiger partial charge in [0.25, 0.3) is 0 Å². The Balaban J connectivity index is 1.96. The molecule has 1 heterocycles. The fourth-order valence-electron chi connectivity index (χ4n) is 2.37. The van der Waals surface area contributed by atoms with Gasteiger partial charge in [-0.25, -0.2) is 9.59 Å². The van der Waals surface area contributed by atoms with Gasteiger partial charge in [0, 0.05) is 6.07 Å². The highest BCUT2D eigenvalue weighted by Crippen LogP contribution is 2.25. The SMILES string of the molecule is C=C/C=C\c1c(C=C)cccc1C(=O)Oc1ccc2sc(=O)oc2c1. The number of rotatable bonds is 5. The van der Waals surface area contributed by atoms with Crippen molar-refractivity contribution in [3.63, 3.8) is 0 Å². The zero-order chi connectivity index (χ0) is 17.8. The first-order chi connectivity index (χ1) is 12.1. The molecule has 0 saturated carbocycles. The van der Waals surface area contributed by atoms with E-state index in [2.05, 4.69) is 13.2 Å². The van der Waals surface area contributed by atoms with Gasteiger partial charge in [0.1, 0.15) is 5.75 Å². The van der Waals surface area contributed by atoms with Crippen molar-refractivity contribution in [2.24, 2.45) is 0 Å². The van der Waals surface area contributed by atoms with Gasteiger partial charge in [0.05, 0.1) is 10.3 Å². The van der Waals surface area contributed by atoms with Gasteiger partial charge < -0.3 is 9.15 Å². The molecule has 25 heavy (non-hydrogen) atoms. The minimum Gasteiger partial charge on any atom is -0.423 e. The standard InChI is InChI=1S/C20H14O4S/c1-3-5-8-15-13(4-2)7-6-9-16(15)19(21)23-14-10-11-18-17(12-14)24-20(22)25-18/h3-12H,1-2H2/b8-5-. The summed E-state index contributed by atoms with van der Waals surface area (Å²) < 4.78 is 11.2. The van der Waals surface area contributed by atoms with E-state index < -0.39 is 10.9 Å². The van der Waals surface area contributed by atoms with E-state index in [1.165, 1.54) is 6.07 Å². The second kappa shape index (κ2) is 7.15. The Morgan fingerprint density at radius 2 is 2.04 bits per heavy atom. The van der Waals surface area contributed by atoms with E-state index in [-0.39, 0.29) is 0 Å². The van der Waals surface area contributed by atoms with Gasteiger partial charge in [0.15, 0.2) is 5.58 Å². The maximum Gasteiger partial charge on any atom is 0.396 e. The lowest BCUT2D eigenvalue weighted by Gasteiger charge is -2.09. The van der Waals surface area contributed by atoms with Crippen LogP contribution in [0.5, 0.6) is 5.75 Å². The monoisotopic (exact) mass is 350 g/mol. The maximum atomic E-state index is 12.6. The molecule has 0 amide bonds. The van der Waals surface area contributed by atoms with Crippen molar-refractivity contribution in [2.75, 3.05) is 0 Å². The van der Waals surface area contributed by atoms with Crippen molar-refractivity contribution in [1.82, 2.24) is 0 Å². The van der Waals surface area contributed by atoms with Crippen molar-refractivity contribution in [3.05, 3.63) is 88.1 Å². The summed E-state index contributed by atoms with van der Waals surface area (Å²) >= 11 is 1.00. The van der Waals surface area contributed by atoms with Crippen LogP contribution in [-0.2, 0) is 0 Å². The zero-order valence-electron chi connectivity index (χ0n) is 13.2. The molecule has 2 aromatic carbocycles. The van der Waals surface area contributed by atoms with Gasteiger partial charge in [0.2, 0.25) is 0 Å². The largest absolute Gasteiger partial charge is 0.423 e. The van der Waals surface area contributed by atoms with Crippen LogP contribution in [0.2, 0.25) is 0 Å². The van der Waals surface area contributed by atoms with Crippen LogP contribution in [0, 0.1) is 0 Å². The summed E-state index contributed by atoms with van der Waals surface area (Å²) in [4.78, 5) is 23.5. The third kappa shape index (κ3) is 3.51. The lowest BCUT2D eigenvalue weighted by atomic mass is 10.0. The van der Waals surface area contributed by atoms with Crippen molar-refractivity contribution in [2.45, 2.75) is 0 Å². The summed E-state index contributed by atoms with van der Waals surface area (Å²) in [6, 6.07) is 10.1. The summed E-state index contributed by atoms with van der Waals surface area (Å²) in [6.45, 7) is 7.41. The Labute approximate surface area is 148 Å². The van der Waals surface area contributed by atoms with Crippen molar-refractivity contribution < 1.29 is 13.9 Å². The summed E-state index contributed by atoms with van der Waals surface area (Å²) in [5.41, 5.74) is 2.31. The normalized spacial score (nSPS) is 10.9. The van der Waals surface area contributed by atoms with Gasteiger partial charge in [-0.2, -0.15) is 0 Å². The number of benzene rings is 2. The summed E-state index contributed by atoms with van der Waals surface area (Å²) in [5.74, 6) is -0.203. The molecule has 0 fully saturated rings. The van der Waals surface area contributed by atoms with Gasteiger partial charge in [-0.15, -0.1) is 0 Å². The highest BCUT2D eigenvalue weighted by Gasteiger charge is 2.15. The van der Waals surface area contributed by atoms with E-state index in [1.54, 1.807) is 48.6 Å². The van der Waals surface area contributed by atoms with Gasteiger partial charge in [-0.3, -0.25) is 0 Å². The smallest absolute Gasteiger partial charge is 0.396 e. The van der Waals surface area contributed by atoms with E-state index in [0.717, 1.165) is 16.9 Å². The molecule has 3 aromatic rings. The molecule has 3 rings (SSSR count). The minimum absolute atomic E-state index is 0.307. The van der Waals surface area contributed by atoms with E-state index in [4.69, 9.17) is 9.15 Å². The Hall–Kier alpha value is -3.18. The quantitative estimate of drug-likeness (QED) is 0.372. The van der Waals surface area contributed by atoms with Crippen molar-refractivity contribution >= 4 is 39.7 Å². The predicted octanol–water partition coefficient (Wildman–Crippen LogP) is 4.92. The molecule has 0 saturated heterocycles. The molecule has 124 valence electrons. The Bertz CT molecular complexity index is 1050. The van der Waals surface area contributed by atoms with Crippen LogP contribution < -0.4 is 9.68 Å². The summed E-state index contributed by atoms with van der Waals surface area (Å²) in [6.07, 6.45) is 6.82. The van der Waals surface area contributed by atoms with Crippen molar-refractivity contribution in [3.8, 4) is 5.75 Å². The van der Waals surface area contributed by atoms with Crippen LogP contribution in [-0.4, -0.2) is 5.97 Å². The third-order valence-corrected chi connectivity index (χ3v) is 4.30. The molecule has 0 atom stereocenters. The van der Waals surface area contributed by atoms with E-state index >= 15 is 0 Å². The molecule has 0 bridgehead atoms. The molecule has 0 N–H and O–H groups in total. The lowest BCUT2D eigenvalue weighted by molar-refractivity contribution is 0.0734. The van der Waals surface area contributed by atoms with Crippen LogP contribution >= 0.6 is 11.3 Å². The number of hydrogen-bond donors (Lipinski definition) is 0. The fraction of sp³-hybridized carbons (Fsp3) is 0. The van der Waals surface area contributed by atoms with Crippen LogP contribution in [0.1, 0.15) is 21.5 Å². The Morgan fingerprint density at radius 1 is 1.20 bits per heavy atom. The second-order valence-electron chi connectivity index (χ2n) is 5.06. The predicted molar refractivity (Wildman–Crippen MR) is 101 cm³/mol.